The summed E-state index contributed by atoms with van der Waals surface area (Å²) in [6, 6.07) is 5.92. The second-order valence-electron chi connectivity index (χ2n) is 3.71. The number of thiophene rings is 1. The Morgan fingerprint density at radius 2 is 2.28 bits per heavy atom. The lowest BCUT2D eigenvalue weighted by Gasteiger charge is -2.21. The number of anilines is 3. The number of hydrazine groups is 1. The molecule has 18 heavy (non-hydrogen) atoms. The fourth-order valence-electron chi connectivity index (χ4n) is 1.63. The van der Waals surface area contributed by atoms with Gasteiger partial charge >= 0.3 is 0 Å². The SMILES string of the molecule is CCN(Cc1cccs1)c1cc(NN)nc(N)n1. The number of nitrogens with one attached hydrogen (secondary N) is 1. The molecule has 7 heteroatoms. The molecule has 0 aliphatic heterocycles. The van der Waals surface area contributed by atoms with E-state index in [-0.39, 0.29) is 5.95 Å². The third-order valence-corrected chi connectivity index (χ3v) is 3.37. The number of nitrogens with two attached hydrogens (primary N) is 2. The first-order chi connectivity index (χ1) is 8.72. The van der Waals surface area contributed by atoms with Crippen molar-refractivity contribution in [3.8, 4) is 0 Å². The van der Waals surface area contributed by atoms with Crippen LogP contribution in [0.4, 0.5) is 17.6 Å². The highest BCUT2D eigenvalue weighted by atomic mass is 32.1. The van der Waals surface area contributed by atoms with Crippen molar-refractivity contribution in [1.29, 1.82) is 0 Å². The van der Waals surface area contributed by atoms with Crippen LogP contribution in [0.15, 0.2) is 23.6 Å². The van der Waals surface area contributed by atoms with Crippen molar-refractivity contribution in [2.75, 3.05) is 22.6 Å². The molecule has 2 heterocycles. The first kappa shape index (κ1) is 12.6. The van der Waals surface area contributed by atoms with E-state index in [0.717, 1.165) is 18.9 Å². The maximum Gasteiger partial charge on any atom is 0.223 e. The van der Waals surface area contributed by atoms with Crippen molar-refractivity contribution in [2.24, 2.45) is 5.84 Å². The van der Waals surface area contributed by atoms with Gasteiger partial charge in [-0.15, -0.1) is 11.3 Å². The van der Waals surface area contributed by atoms with Crippen LogP contribution in [0.2, 0.25) is 0 Å². The van der Waals surface area contributed by atoms with Gasteiger partial charge < -0.3 is 16.1 Å². The molecule has 0 radical (unpaired) electrons. The van der Waals surface area contributed by atoms with Gasteiger partial charge in [-0.25, -0.2) is 5.84 Å². The van der Waals surface area contributed by atoms with Gasteiger partial charge in [0.1, 0.15) is 11.6 Å². The molecule has 0 amide bonds. The molecule has 0 bridgehead atoms. The van der Waals surface area contributed by atoms with E-state index in [1.807, 2.05) is 6.07 Å². The van der Waals surface area contributed by atoms with Gasteiger partial charge in [-0.05, 0) is 18.4 Å². The molecular weight excluding hydrogens is 248 g/mol. The Labute approximate surface area is 110 Å². The lowest BCUT2D eigenvalue weighted by Crippen LogP contribution is -2.23. The van der Waals surface area contributed by atoms with Crippen LogP contribution in [0.5, 0.6) is 0 Å². The van der Waals surface area contributed by atoms with E-state index in [0.29, 0.717) is 5.82 Å². The summed E-state index contributed by atoms with van der Waals surface area (Å²) in [5, 5.41) is 2.06. The number of aromatic nitrogens is 2. The summed E-state index contributed by atoms with van der Waals surface area (Å²) in [5.41, 5.74) is 8.15. The van der Waals surface area contributed by atoms with Crippen LogP contribution in [0.1, 0.15) is 11.8 Å². The van der Waals surface area contributed by atoms with Crippen molar-refractivity contribution < 1.29 is 0 Å². The van der Waals surface area contributed by atoms with Gasteiger partial charge in [0, 0.05) is 17.5 Å². The van der Waals surface area contributed by atoms with Gasteiger partial charge in [-0.3, -0.25) is 0 Å². The summed E-state index contributed by atoms with van der Waals surface area (Å²) >= 11 is 1.72. The maximum atomic E-state index is 5.66. The predicted octanol–water partition coefficient (Wildman–Crippen LogP) is 1.43. The molecule has 2 rings (SSSR count). The maximum absolute atomic E-state index is 5.66. The molecular formula is C11H16N6S. The quantitative estimate of drug-likeness (QED) is 0.559. The van der Waals surface area contributed by atoms with Gasteiger partial charge in [0.05, 0.1) is 6.54 Å². The summed E-state index contributed by atoms with van der Waals surface area (Å²) in [4.78, 5) is 11.6. The first-order valence-electron chi connectivity index (χ1n) is 5.61. The molecule has 0 saturated heterocycles. The number of hydrogen-bond acceptors (Lipinski definition) is 7. The van der Waals surface area contributed by atoms with Crippen molar-refractivity contribution in [3.05, 3.63) is 28.5 Å². The van der Waals surface area contributed by atoms with Crippen LogP contribution >= 0.6 is 11.3 Å². The van der Waals surface area contributed by atoms with Crippen LogP contribution in [0, 0.1) is 0 Å². The Balaban J connectivity index is 2.24. The summed E-state index contributed by atoms with van der Waals surface area (Å²) in [6.07, 6.45) is 0. The topological polar surface area (TPSA) is 93.1 Å². The molecule has 0 aliphatic rings. The molecule has 2 aromatic heterocycles. The largest absolute Gasteiger partial charge is 0.368 e. The molecule has 0 saturated carbocycles. The summed E-state index contributed by atoms with van der Waals surface area (Å²) < 4.78 is 0. The van der Waals surface area contributed by atoms with E-state index in [1.165, 1.54) is 4.88 Å². The zero-order chi connectivity index (χ0) is 13.0. The molecule has 2 aromatic rings. The fraction of sp³-hybridized carbons (Fsp3) is 0.273. The van der Waals surface area contributed by atoms with Gasteiger partial charge in [0.15, 0.2) is 0 Å². The Morgan fingerprint density at radius 1 is 1.44 bits per heavy atom. The zero-order valence-electron chi connectivity index (χ0n) is 10.1. The van der Waals surface area contributed by atoms with E-state index < -0.39 is 0 Å². The van der Waals surface area contributed by atoms with E-state index in [1.54, 1.807) is 17.4 Å². The minimum absolute atomic E-state index is 0.213. The smallest absolute Gasteiger partial charge is 0.223 e. The second kappa shape index (κ2) is 5.65. The van der Waals surface area contributed by atoms with E-state index in [4.69, 9.17) is 11.6 Å². The minimum Gasteiger partial charge on any atom is -0.368 e. The summed E-state index contributed by atoms with van der Waals surface area (Å²) in [7, 11) is 0. The van der Waals surface area contributed by atoms with Crippen molar-refractivity contribution in [1.82, 2.24) is 9.97 Å². The average Bonchev–Trinajstić information content (AvgIpc) is 2.88. The Bertz CT molecular complexity index is 498. The number of hydrogen-bond donors (Lipinski definition) is 3. The molecule has 96 valence electrons. The van der Waals surface area contributed by atoms with E-state index in [2.05, 4.69) is 38.7 Å². The molecule has 6 nitrogen and oxygen atoms in total. The third-order valence-electron chi connectivity index (χ3n) is 2.51. The molecule has 0 fully saturated rings. The molecule has 0 aliphatic carbocycles. The monoisotopic (exact) mass is 264 g/mol. The van der Waals surface area contributed by atoms with Crippen molar-refractivity contribution in [3.63, 3.8) is 0 Å². The Morgan fingerprint density at radius 3 is 2.89 bits per heavy atom. The highest BCUT2D eigenvalue weighted by molar-refractivity contribution is 7.09. The van der Waals surface area contributed by atoms with Crippen LogP contribution in [-0.4, -0.2) is 16.5 Å². The van der Waals surface area contributed by atoms with Gasteiger partial charge in [-0.2, -0.15) is 9.97 Å². The van der Waals surface area contributed by atoms with Crippen LogP contribution in [0.3, 0.4) is 0 Å². The molecule has 0 atom stereocenters. The van der Waals surface area contributed by atoms with Crippen LogP contribution in [0.25, 0.3) is 0 Å². The van der Waals surface area contributed by atoms with E-state index in [9.17, 15) is 0 Å². The zero-order valence-corrected chi connectivity index (χ0v) is 10.9. The lowest BCUT2D eigenvalue weighted by atomic mass is 10.4. The normalized spacial score (nSPS) is 10.3. The Kier molecular flexibility index (Phi) is 3.96. The van der Waals surface area contributed by atoms with Gasteiger partial charge in [-0.1, -0.05) is 6.07 Å². The molecule has 0 unspecified atom stereocenters. The number of rotatable bonds is 5. The summed E-state index contributed by atoms with van der Waals surface area (Å²) in [6.45, 7) is 3.70. The van der Waals surface area contributed by atoms with Crippen molar-refractivity contribution in [2.45, 2.75) is 13.5 Å². The predicted molar refractivity (Wildman–Crippen MR) is 75.3 cm³/mol. The van der Waals surface area contributed by atoms with Gasteiger partial charge in [0.25, 0.3) is 0 Å². The highest BCUT2D eigenvalue weighted by Crippen LogP contribution is 2.20. The minimum atomic E-state index is 0.213. The summed E-state index contributed by atoms with van der Waals surface area (Å²) in [5.74, 6) is 6.85. The second-order valence-corrected chi connectivity index (χ2v) is 4.74. The standard InChI is InChI=1S/C11H16N6S/c1-2-17(7-8-4-3-5-18-8)10-6-9(16-13)14-11(12)15-10/h3-6H,2,7,13H2,1H3,(H3,12,14,15,16). The number of nitrogen functional groups attached to an aromatic ring is 2. The average molecular weight is 264 g/mol. The molecule has 5 N–H and O–H groups in total. The van der Waals surface area contributed by atoms with Crippen LogP contribution in [-0.2, 0) is 6.54 Å². The third kappa shape index (κ3) is 2.88. The highest BCUT2D eigenvalue weighted by Gasteiger charge is 2.10. The lowest BCUT2D eigenvalue weighted by molar-refractivity contribution is 0.821. The molecule has 0 spiro atoms. The fourth-order valence-corrected chi connectivity index (χ4v) is 2.35. The van der Waals surface area contributed by atoms with E-state index >= 15 is 0 Å². The first-order valence-corrected chi connectivity index (χ1v) is 6.49. The molecule has 0 aromatic carbocycles. The van der Waals surface area contributed by atoms with Crippen LogP contribution < -0.4 is 21.9 Å². The Hall–Kier alpha value is -1.86. The number of nitrogens with zero attached hydrogens (tertiary/aromatic N) is 3. The van der Waals surface area contributed by atoms with Gasteiger partial charge in [0.2, 0.25) is 5.95 Å². The van der Waals surface area contributed by atoms with Crippen molar-refractivity contribution >= 4 is 28.9 Å².